The number of rotatable bonds is 2. The van der Waals surface area contributed by atoms with Gasteiger partial charge in [0.2, 0.25) is 0 Å². The zero-order valence-corrected chi connectivity index (χ0v) is 13.3. The molecule has 126 valence electrons. The Labute approximate surface area is 139 Å². The summed E-state index contributed by atoms with van der Waals surface area (Å²) in [6, 6.07) is 3.13. The lowest BCUT2D eigenvalue weighted by Crippen LogP contribution is -2.50. The van der Waals surface area contributed by atoms with Crippen molar-refractivity contribution in [1.82, 2.24) is 14.8 Å². The minimum atomic E-state index is -0.320. The Morgan fingerprint density at radius 1 is 1.17 bits per heavy atom. The second-order valence-corrected chi connectivity index (χ2v) is 6.44. The van der Waals surface area contributed by atoms with Gasteiger partial charge in [0, 0.05) is 31.9 Å². The van der Waals surface area contributed by atoms with E-state index in [9.17, 15) is 14.4 Å². The van der Waals surface area contributed by atoms with E-state index in [4.69, 9.17) is 4.74 Å². The standard InChI is InChI=1S/C17H19N3O4/c21-15-12-3-1-7-18-14(12)17(23)20(15)11-5-8-19(9-6-11)16(22)13-4-2-10-24-13/h1,3,7,11,13H,2,4-6,8-10H2. The minimum absolute atomic E-state index is 0.0370. The van der Waals surface area contributed by atoms with Gasteiger partial charge in [-0.15, -0.1) is 0 Å². The monoisotopic (exact) mass is 329 g/mol. The van der Waals surface area contributed by atoms with Gasteiger partial charge in [-0.05, 0) is 37.8 Å². The van der Waals surface area contributed by atoms with Crippen LogP contribution in [0.5, 0.6) is 0 Å². The summed E-state index contributed by atoms with van der Waals surface area (Å²) in [5, 5.41) is 0. The first-order valence-corrected chi connectivity index (χ1v) is 8.40. The number of ether oxygens (including phenoxy) is 1. The molecule has 0 radical (unpaired) electrons. The highest BCUT2D eigenvalue weighted by atomic mass is 16.5. The van der Waals surface area contributed by atoms with Gasteiger partial charge in [-0.25, -0.2) is 0 Å². The Morgan fingerprint density at radius 3 is 2.62 bits per heavy atom. The third kappa shape index (κ3) is 2.39. The van der Waals surface area contributed by atoms with Gasteiger partial charge in [0.15, 0.2) is 0 Å². The predicted molar refractivity (Wildman–Crippen MR) is 83.3 cm³/mol. The first-order valence-electron chi connectivity index (χ1n) is 8.40. The summed E-state index contributed by atoms with van der Waals surface area (Å²) in [6.45, 7) is 1.74. The summed E-state index contributed by atoms with van der Waals surface area (Å²) in [4.78, 5) is 44.5. The van der Waals surface area contributed by atoms with Gasteiger partial charge in [-0.1, -0.05) is 0 Å². The highest BCUT2D eigenvalue weighted by Gasteiger charge is 2.42. The van der Waals surface area contributed by atoms with Crippen molar-refractivity contribution in [1.29, 1.82) is 0 Å². The molecule has 3 aliphatic heterocycles. The smallest absolute Gasteiger partial charge is 0.280 e. The summed E-state index contributed by atoms with van der Waals surface area (Å²) in [5.74, 6) is -0.554. The van der Waals surface area contributed by atoms with Gasteiger partial charge in [0.25, 0.3) is 17.7 Å². The van der Waals surface area contributed by atoms with Crippen LogP contribution in [0, 0.1) is 0 Å². The second kappa shape index (κ2) is 5.98. The van der Waals surface area contributed by atoms with E-state index >= 15 is 0 Å². The van der Waals surface area contributed by atoms with Gasteiger partial charge in [-0.2, -0.15) is 0 Å². The number of piperidine rings is 1. The van der Waals surface area contributed by atoms with Crippen molar-refractivity contribution >= 4 is 17.7 Å². The van der Waals surface area contributed by atoms with Crippen molar-refractivity contribution in [2.45, 2.75) is 37.8 Å². The molecule has 0 N–H and O–H groups in total. The number of carbonyl (C=O) groups excluding carboxylic acids is 3. The van der Waals surface area contributed by atoms with Crippen LogP contribution in [0.3, 0.4) is 0 Å². The predicted octanol–water partition coefficient (Wildman–Crippen LogP) is 0.848. The highest BCUT2D eigenvalue weighted by molar-refractivity contribution is 6.20. The molecule has 1 unspecified atom stereocenters. The number of likely N-dealkylation sites (tertiary alicyclic amines) is 1. The van der Waals surface area contributed by atoms with Crippen molar-refractivity contribution in [3.05, 3.63) is 29.6 Å². The second-order valence-electron chi connectivity index (χ2n) is 6.44. The molecule has 3 aliphatic rings. The van der Waals surface area contributed by atoms with E-state index in [2.05, 4.69) is 4.98 Å². The van der Waals surface area contributed by atoms with Crippen molar-refractivity contribution in [2.75, 3.05) is 19.7 Å². The van der Waals surface area contributed by atoms with Gasteiger partial charge in [0.05, 0.1) is 5.56 Å². The Balaban J connectivity index is 1.42. The molecule has 1 atom stereocenters. The zero-order valence-electron chi connectivity index (χ0n) is 13.3. The van der Waals surface area contributed by atoms with Crippen molar-refractivity contribution in [2.24, 2.45) is 0 Å². The lowest BCUT2D eigenvalue weighted by atomic mass is 10.0. The average molecular weight is 329 g/mol. The van der Waals surface area contributed by atoms with Gasteiger partial charge in [-0.3, -0.25) is 24.3 Å². The largest absolute Gasteiger partial charge is 0.368 e. The van der Waals surface area contributed by atoms with Crippen LogP contribution in [-0.4, -0.2) is 64.3 Å². The molecule has 4 rings (SSSR count). The minimum Gasteiger partial charge on any atom is -0.368 e. The van der Waals surface area contributed by atoms with Crippen LogP contribution >= 0.6 is 0 Å². The van der Waals surface area contributed by atoms with E-state index in [1.165, 1.54) is 11.1 Å². The first kappa shape index (κ1) is 15.3. The molecule has 1 aromatic heterocycles. The molecule has 7 nitrogen and oxygen atoms in total. The molecule has 2 fully saturated rings. The molecular weight excluding hydrogens is 310 g/mol. The molecule has 3 amide bonds. The fraction of sp³-hybridized carbons (Fsp3) is 0.529. The SMILES string of the molecule is O=C(C1CCCO1)N1CCC(N2C(=O)c3cccnc3C2=O)CC1. The molecule has 0 aromatic carbocycles. The van der Waals surface area contributed by atoms with Crippen molar-refractivity contribution < 1.29 is 19.1 Å². The lowest BCUT2D eigenvalue weighted by molar-refractivity contribution is -0.142. The van der Waals surface area contributed by atoms with E-state index in [1.54, 1.807) is 17.0 Å². The van der Waals surface area contributed by atoms with E-state index in [0.717, 1.165) is 12.8 Å². The molecule has 24 heavy (non-hydrogen) atoms. The first-order chi connectivity index (χ1) is 11.7. The average Bonchev–Trinajstić information content (AvgIpc) is 3.23. The molecule has 2 saturated heterocycles. The maximum atomic E-state index is 12.5. The van der Waals surface area contributed by atoms with E-state index in [0.29, 0.717) is 38.1 Å². The third-order valence-electron chi connectivity index (χ3n) is 5.02. The summed E-state index contributed by atoms with van der Waals surface area (Å²) in [5.41, 5.74) is 0.612. The quantitative estimate of drug-likeness (QED) is 0.752. The molecule has 0 spiro atoms. The maximum Gasteiger partial charge on any atom is 0.280 e. The maximum absolute atomic E-state index is 12.5. The van der Waals surface area contributed by atoms with Gasteiger partial charge < -0.3 is 9.64 Å². The summed E-state index contributed by atoms with van der Waals surface area (Å²) in [7, 11) is 0. The van der Waals surface area contributed by atoms with E-state index in [1.807, 2.05) is 0 Å². The van der Waals surface area contributed by atoms with Crippen LogP contribution in [0.15, 0.2) is 18.3 Å². The van der Waals surface area contributed by atoms with Crippen LogP contribution < -0.4 is 0 Å². The molecular formula is C17H19N3O4. The number of fused-ring (bicyclic) bond motifs is 1. The summed E-state index contributed by atoms with van der Waals surface area (Å²) >= 11 is 0. The number of hydrogen-bond acceptors (Lipinski definition) is 5. The molecule has 4 heterocycles. The number of nitrogens with zero attached hydrogens (tertiary/aromatic N) is 3. The Bertz CT molecular complexity index is 656. The zero-order chi connectivity index (χ0) is 16.7. The topological polar surface area (TPSA) is 79.8 Å². The molecule has 0 bridgehead atoms. The number of aromatic nitrogens is 1. The molecule has 0 aliphatic carbocycles. The van der Waals surface area contributed by atoms with Crippen LogP contribution in [0.2, 0.25) is 0 Å². The summed E-state index contributed by atoms with van der Waals surface area (Å²) < 4.78 is 5.45. The van der Waals surface area contributed by atoms with Crippen LogP contribution in [0.25, 0.3) is 0 Å². The van der Waals surface area contributed by atoms with Gasteiger partial charge >= 0.3 is 0 Å². The van der Waals surface area contributed by atoms with Crippen molar-refractivity contribution in [3.63, 3.8) is 0 Å². The molecule has 1 aromatic rings. The fourth-order valence-electron chi connectivity index (χ4n) is 3.74. The van der Waals surface area contributed by atoms with E-state index in [-0.39, 0.29) is 35.6 Å². The number of imide groups is 1. The number of hydrogen-bond donors (Lipinski definition) is 0. The fourth-order valence-corrected chi connectivity index (χ4v) is 3.74. The van der Waals surface area contributed by atoms with Crippen molar-refractivity contribution in [3.8, 4) is 0 Å². The summed E-state index contributed by atoms with van der Waals surface area (Å²) in [6.07, 6.45) is 4.12. The Kier molecular flexibility index (Phi) is 3.80. The number of pyridine rings is 1. The van der Waals surface area contributed by atoms with Crippen LogP contribution in [0.1, 0.15) is 46.5 Å². The molecule has 7 heteroatoms. The van der Waals surface area contributed by atoms with E-state index < -0.39 is 0 Å². The van der Waals surface area contributed by atoms with Crippen LogP contribution in [-0.2, 0) is 9.53 Å². The third-order valence-corrected chi connectivity index (χ3v) is 5.02. The molecule has 0 saturated carbocycles. The Hall–Kier alpha value is -2.28. The number of carbonyl (C=O) groups is 3. The lowest BCUT2D eigenvalue weighted by Gasteiger charge is -2.36. The van der Waals surface area contributed by atoms with Gasteiger partial charge in [0.1, 0.15) is 11.8 Å². The highest BCUT2D eigenvalue weighted by Crippen LogP contribution is 2.28. The Morgan fingerprint density at radius 2 is 1.96 bits per heavy atom. The number of amides is 3. The normalized spacial score (nSPS) is 24.6. The van der Waals surface area contributed by atoms with Crippen LogP contribution in [0.4, 0.5) is 0 Å².